The lowest BCUT2D eigenvalue weighted by atomic mass is 9.66. The van der Waals surface area contributed by atoms with Crippen molar-refractivity contribution in [2.45, 2.75) is 25.4 Å². The highest BCUT2D eigenvalue weighted by Crippen LogP contribution is 2.62. The number of nitrogens with zero attached hydrogens (tertiary/aromatic N) is 2. The number of nitrogens with one attached hydrogen (secondary N) is 1. The molecule has 1 spiro atoms. The summed E-state index contributed by atoms with van der Waals surface area (Å²) in [4.78, 5) is 7.28. The highest BCUT2D eigenvalue weighted by Gasteiger charge is 2.51. The van der Waals surface area contributed by atoms with Crippen LogP contribution < -0.4 is 15.0 Å². The first-order chi connectivity index (χ1) is 24.1. The Labute approximate surface area is 286 Å². The zero-order valence-corrected chi connectivity index (χ0v) is 27.3. The van der Waals surface area contributed by atoms with Crippen LogP contribution in [-0.2, 0) is 5.41 Å². The quantitative estimate of drug-likeness (QED) is 0.211. The molecule has 4 nitrogen and oxygen atoms in total. The third-order valence-corrected chi connectivity index (χ3v) is 10.5. The minimum absolute atomic E-state index is 0.0758. The van der Waals surface area contributed by atoms with Gasteiger partial charge in [-0.25, -0.2) is 4.98 Å². The van der Waals surface area contributed by atoms with Crippen LogP contribution in [0.3, 0.4) is 0 Å². The van der Waals surface area contributed by atoms with Crippen molar-refractivity contribution < 1.29 is 4.74 Å². The van der Waals surface area contributed by atoms with Crippen LogP contribution in [-0.4, -0.2) is 4.98 Å². The van der Waals surface area contributed by atoms with Gasteiger partial charge in [-0.15, -0.1) is 0 Å². The van der Waals surface area contributed by atoms with Crippen molar-refractivity contribution in [2.24, 2.45) is 0 Å². The molecule has 7 aromatic rings. The summed E-state index contributed by atoms with van der Waals surface area (Å²) in [6.45, 7) is 4.20. The fourth-order valence-corrected chi connectivity index (χ4v) is 8.48. The molecule has 0 fully saturated rings. The number of para-hydroxylation sites is 4. The molecule has 234 valence electrons. The number of hydrogen-bond acceptors (Lipinski definition) is 4. The summed E-state index contributed by atoms with van der Waals surface area (Å²) in [6.07, 6.45) is -0.0758. The van der Waals surface area contributed by atoms with Crippen molar-refractivity contribution in [3.8, 4) is 33.8 Å². The van der Waals surface area contributed by atoms with Crippen LogP contribution in [0.2, 0.25) is 0 Å². The summed E-state index contributed by atoms with van der Waals surface area (Å²) in [5.41, 5.74) is 15.0. The first kappa shape index (κ1) is 27.9. The molecule has 0 saturated heterocycles. The van der Waals surface area contributed by atoms with Crippen LogP contribution in [0.25, 0.3) is 22.3 Å². The maximum Gasteiger partial charge on any atom is 0.135 e. The molecule has 1 atom stereocenters. The molecule has 0 amide bonds. The number of aromatic nitrogens is 1. The Hall–Kier alpha value is -6.13. The van der Waals surface area contributed by atoms with E-state index in [-0.39, 0.29) is 6.17 Å². The van der Waals surface area contributed by atoms with E-state index < -0.39 is 5.41 Å². The second kappa shape index (κ2) is 10.4. The molecule has 0 radical (unpaired) electrons. The van der Waals surface area contributed by atoms with Gasteiger partial charge in [-0.05, 0) is 101 Å². The van der Waals surface area contributed by atoms with Gasteiger partial charge in [-0.3, -0.25) is 4.90 Å². The van der Waals surface area contributed by atoms with Gasteiger partial charge in [0.1, 0.15) is 23.5 Å². The van der Waals surface area contributed by atoms with E-state index in [1.165, 1.54) is 55.6 Å². The molecule has 49 heavy (non-hydrogen) atoms. The lowest BCUT2D eigenvalue weighted by Crippen LogP contribution is -2.32. The third kappa shape index (κ3) is 4.01. The monoisotopic (exact) mass is 631 g/mol. The van der Waals surface area contributed by atoms with Crippen LogP contribution in [0.4, 0.5) is 17.2 Å². The van der Waals surface area contributed by atoms with Crippen LogP contribution in [0.1, 0.15) is 45.2 Å². The van der Waals surface area contributed by atoms with Crippen molar-refractivity contribution in [2.75, 3.05) is 10.2 Å². The number of aryl methyl sites for hydroxylation is 2. The second-order valence-corrected chi connectivity index (χ2v) is 13.4. The van der Waals surface area contributed by atoms with Gasteiger partial charge >= 0.3 is 0 Å². The fourth-order valence-electron chi connectivity index (χ4n) is 8.48. The Balaban J connectivity index is 1.10. The predicted octanol–water partition coefficient (Wildman–Crippen LogP) is 11.1. The second-order valence-electron chi connectivity index (χ2n) is 13.4. The predicted molar refractivity (Wildman–Crippen MR) is 198 cm³/mol. The highest BCUT2D eigenvalue weighted by molar-refractivity contribution is 5.90. The number of anilines is 3. The van der Waals surface area contributed by atoms with E-state index in [0.29, 0.717) is 0 Å². The first-order valence-corrected chi connectivity index (χ1v) is 16.9. The summed E-state index contributed by atoms with van der Waals surface area (Å²) in [5, 5.41) is 3.77. The normalized spacial score (nSPS) is 15.8. The molecule has 0 saturated carbocycles. The topological polar surface area (TPSA) is 37.4 Å². The van der Waals surface area contributed by atoms with E-state index in [2.05, 4.69) is 176 Å². The van der Waals surface area contributed by atoms with Gasteiger partial charge in [0, 0.05) is 16.8 Å². The van der Waals surface area contributed by atoms with Gasteiger partial charge in [0.15, 0.2) is 0 Å². The van der Waals surface area contributed by atoms with Gasteiger partial charge in [0.25, 0.3) is 0 Å². The van der Waals surface area contributed by atoms with Crippen LogP contribution in [0, 0.1) is 13.8 Å². The number of rotatable bonds is 3. The Kier molecular flexibility index (Phi) is 5.95. The number of pyridine rings is 1. The summed E-state index contributed by atoms with van der Waals surface area (Å²) in [5.74, 6) is 2.77. The van der Waals surface area contributed by atoms with E-state index in [0.717, 1.165) is 34.4 Å². The average Bonchev–Trinajstić information content (AvgIpc) is 3.66. The highest BCUT2D eigenvalue weighted by atomic mass is 16.5. The SMILES string of the molecule is Cc1cc(C)nc(N2c3ccccc3NC2c2ccc(-c3ccc4c(c3)C3(c5ccccc5Oc5ccccc53)c3ccccc3-4)cc2)c1. The molecule has 2 aliphatic heterocycles. The Morgan fingerprint density at radius 3 is 1.98 bits per heavy atom. The van der Waals surface area contributed by atoms with E-state index in [4.69, 9.17) is 9.72 Å². The molecule has 3 aliphatic rings. The number of hydrogen-bond donors (Lipinski definition) is 1. The van der Waals surface area contributed by atoms with Gasteiger partial charge < -0.3 is 10.1 Å². The van der Waals surface area contributed by atoms with Crippen LogP contribution >= 0.6 is 0 Å². The van der Waals surface area contributed by atoms with Gasteiger partial charge in [0.2, 0.25) is 0 Å². The summed E-state index contributed by atoms with van der Waals surface area (Å²) < 4.78 is 6.53. The average molecular weight is 632 g/mol. The molecular formula is C45H33N3O. The Morgan fingerprint density at radius 2 is 1.22 bits per heavy atom. The minimum atomic E-state index is -0.480. The zero-order valence-electron chi connectivity index (χ0n) is 27.3. The van der Waals surface area contributed by atoms with Crippen molar-refractivity contribution in [3.05, 3.63) is 191 Å². The number of fused-ring (bicyclic) bond motifs is 10. The molecular weight excluding hydrogens is 599 g/mol. The molecule has 1 N–H and O–H groups in total. The van der Waals surface area contributed by atoms with Crippen molar-refractivity contribution in [1.29, 1.82) is 0 Å². The smallest absolute Gasteiger partial charge is 0.135 e. The molecule has 6 aromatic carbocycles. The molecule has 3 heterocycles. The van der Waals surface area contributed by atoms with Crippen molar-refractivity contribution in [1.82, 2.24) is 4.98 Å². The van der Waals surface area contributed by atoms with Crippen LogP contribution in [0.5, 0.6) is 11.5 Å². The Bertz CT molecular complexity index is 2380. The molecule has 10 rings (SSSR count). The lowest BCUT2D eigenvalue weighted by Gasteiger charge is -2.39. The summed E-state index contributed by atoms with van der Waals surface area (Å²) in [7, 11) is 0. The van der Waals surface area contributed by atoms with Gasteiger partial charge in [0.05, 0.1) is 16.8 Å². The van der Waals surface area contributed by atoms with Gasteiger partial charge in [-0.1, -0.05) is 109 Å². The minimum Gasteiger partial charge on any atom is -0.457 e. The van der Waals surface area contributed by atoms with Crippen molar-refractivity contribution >= 4 is 17.2 Å². The maximum absolute atomic E-state index is 6.53. The molecule has 4 heteroatoms. The third-order valence-electron chi connectivity index (χ3n) is 10.5. The van der Waals surface area contributed by atoms with Crippen molar-refractivity contribution in [3.63, 3.8) is 0 Å². The van der Waals surface area contributed by atoms with E-state index in [9.17, 15) is 0 Å². The zero-order chi connectivity index (χ0) is 32.7. The van der Waals surface area contributed by atoms with E-state index >= 15 is 0 Å². The summed E-state index contributed by atoms with van der Waals surface area (Å²) in [6, 6.07) is 54.8. The fraction of sp³-hybridized carbons (Fsp3) is 0.0889. The molecule has 1 aromatic heterocycles. The van der Waals surface area contributed by atoms with Gasteiger partial charge in [-0.2, -0.15) is 0 Å². The molecule has 0 bridgehead atoms. The standard InChI is InChI=1S/C45H33N3O/c1-28-25-29(2)46-43(26-28)48-40-16-8-7-15-39(40)47-44(48)31-21-19-30(20-22-31)32-23-24-34-33-11-3-4-12-35(33)45(38(34)27-32)36-13-5-9-17-41(36)49-42-18-10-6-14-37(42)45/h3-27,44,47H,1-2H3. The molecule has 1 unspecified atom stereocenters. The van der Waals surface area contributed by atoms with Crippen LogP contribution in [0.15, 0.2) is 152 Å². The first-order valence-electron chi connectivity index (χ1n) is 16.9. The summed E-state index contributed by atoms with van der Waals surface area (Å²) >= 11 is 0. The van der Waals surface area contributed by atoms with E-state index in [1.54, 1.807) is 0 Å². The van der Waals surface area contributed by atoms with E-state index in [1.807, 2.05) is 0 Å². The largest absolute Gasteiger partial charge is 0.457 e. The Morgan fingerprint density at radius 1 is 0.592 bits per heavy atom. The number of benzene rings is 6. The number of ether oxygens (including phenoxy) is 1. The maximum atomic E-state index is 6.53. The lowest BCUT2D eigenvalue weighted by molar-refractivity contribution is 0.436. The molecule has 1 aliphatic carbocycles.